The number of rotatable bonds is 5. The molecule has 138 valence electrons. The Labute approximate surface area is 146 Å². The summed E-state index contributed by atoms with van der Waals surface area (Å²) in [6.07, 6.45) is -8.53. The molecule has 1 rings (SSSR count). The number of hydrogen-bond donors (Lipinski definition) is 2. The van der Waals surface area contributed by atoms with Crippen LogP contribution in [0.15, 0.2) is 18.2 Å². The second-order valence-electron chi connectivity index (χ2n) is 6.68. The fourth-order valence-corrected chi connectivity index (χ4v) is 3.08. The van der Waals surface area contributed by atoms with E-state index in [-0.39, 0.29) is 10.6 Å². The summed E-state index contributed by atoms with van der Waals surface area (Å²) in [5.41, 5.74) is -1.95. The van der Waals surface area contributed by atoms with E-state index in [9.17, 15) is 27.2 Å². The van der Waals surface area contributed by atoms with Gasteiger partial charge in [-0.05, 0) is 33.8 Å². The lowest BCUT2D eigenvalue weighted by Crippen LogP contribution is -2.52. The summed E-state index contributed by atoms with van der Waals surface area (Å²) in [5, 5.41) is 9.16. The lowest BCUT2D eigenvalue weighted by Gasteiger charge is -2.37. The fraction of sp³-hybridized carbons (Fsp3) is 0.600. The first kappa shape index (κ1) is 21.5. The van der Waals surface area contributed by atoms with Crippen molar-refractivity contribution in [1.29, 1.82) is 0 Å². The predicted molar refractivity (Wildman–Crippen MR) is 86.5 cm³/mol. The quantitative estimate of drug-likeness (QED) is 0.590. The average molecular weight is 390 g/mol. The lowest BCUT2D eigenvalue weighted by atomic mass is 9.87. The Hall–Kier alpha value is -0.540. The van der Waals surface area contributed by atoms with E-state index in [1.54, 1.807) is 20.8 Å². The molecule has 3 nitrogen and oxygen atoms in total. The maximum Gasteiger partial charge on any atom is 0.414 e. The van der Waals surface area contributed by atoms with Gasteiger partial charge in [-0.2, -0.15) is 13.2 Å². The summed E-state index contributed by atoms with van der Waals surface area (Å²) in [4.78, 5) is 0. The minimum Gasteiger partial charge on any atom is -0.598 e. The first-order valence-corrected chi connectivity index (χ1v) is 8.60. The summed E-state index contributed by atoms with van der Waals surface area (Å²) in [5.74, 6) is -0.922. The normalized spacial score (nSPS) is 18.1. The molecule has 0 heterocycles. The minimum absolute atomic E-state index is 0.198. The standard InChI is InChI=1S/C15H20ClF4NO2S/c1-13(2,3)24(23)21-14(4,8-11(22)15(18,19)20)9-6-5-7-10(16)12(9)17/h5-7,11,21-22H,8H2,1-4H3/t11-,14-,24+/m0/s1. The van der Waals surface area contributed by atoms with Gasteiger partial charge in [-0.3, -0.25) is 0 Å². The first-order valence-electron chi connectivity index (χ1n) is 7.07. The third kappa shape index (κ3) is 5.23. The van der Waals surface area contributed by atoms with Crippen LogP contribution < -0.4 is 4.72 Å². The molecule has 1 aromatic rings. The van der Waals surface area contributed by atoms with Crippen LogP contribution in [0.3, 0.4) is 0 Å². The summed E-state index contributed by atoms with van der Waals surface area (Å²) in [6, 6.07) is 3.87. The number of halogens is 5. The van der Waals surface area contributed by atoms with Crippen molar-refractivity contribution in [2.75, 3.05) is 0 Å². The molecule has 0 amide bonds. The smallest absolute Gasteiger partial charge is 0.414 e. The van der Waals surface area contributed by atoms with Gasteiger partial charge in [0.25, 0.3) is 0 Å². The summed E-state index contributed by atoms with van der Waals surface area (Å²) in [6.45, 7) is 6.10. The maximum atomic E-state index is 14.4. The molecule has 0 aliphatic carbocycles. The summed E-state index contributed by atoms with van der Waals surface area (Å²) in [7, 11) is 0. The van der Waals surface area contributed by atoms with Crippen molar-refractivity contribution in [2.24, 2.45) is 0 Å². The first-order chi connectivity index (χ1) is 10.7. The fourth-order valence-electron chi connectivity index (χ4n) is 2.00. The molecule has 0 radical (unpaired) electrons. The molecule has 24 heavy (non-hydrogen) atoms. The molecule has 9 heteroatoms. The van der Waals surface area contributed by atoms with Crippen molar-refractivity contribution in [1.82, 2.24) is 4.72 Å². The van der Waals surface area contributed by atoms with Crippen molar-refractivity contribution in [2.45, 2.75) is 56.7 Å². The zero-order valence-corrected chi connectivity index (χ0v) is 15.2. The Balaban J connectivity index is 3.32. The van der Waals surface area contributed by atoms with E-state index in [0.29, 0.717) is 0 Å². The number of alkyl halides is 3. The lowest BCUT2D eigenvalue weighted by molar-refractivity contribution is -0.209. The Bertz CT molecular complexity index is 556. The molecule has 0 saturated carbocycles. The molecule has 0 aliphatic heterocycles. The molecule has 0 saturated heterocycles. The monoisotopic (exact) mass is 389 g/mol. The highest BCUT2D eigenvalue weighted by Gasteiger charge is 2.47. The molecule has 1 aromatic carbocycles. The Kier molecular flexibility index (Phi) is 6.60. The molecule has 0 aromatic heterocycles. The SMILES string of the molecule is CC(C)(C)[S@@+]([O-])N[C@@](C)(C[C@H](O)C(F)(F)F)c1cccc(Cl)c1F. The molecule has 3 atom stereocenters. The predicted octanol–water partition coefficient (Wildman–Crippen LogP) is 4.06. The van der Waals surface area contributed by atoms with Crippen LogP contribution in [-0.2, 0) is 16.9 Å². The topological polar surface area (TPSA) is 55.3 Å². The van der Waals surface area contributed by atoms with Crippen molar-refractivity contribution >= 4 is 23.0 Å². The molecule has 0 spiro atoms. The molecule has 0 bridgehead atoms. The number of nitrogens with one attached hydrogen (secondary N) is 1. The van der Waals surface area contributed by atoms with Crippen molar-refractivity contribution in [3.05, 3.63) is 34.6 Å². The van der Waals surface area contributed by atoms with Crippen molar-refractivity contribution in [3.63, 3.8) is 0 Å². The van der Waals surface area contributed by atoms with Crippen LogP contribution in [0.5, 0.6) is 0 Å². The van der Waals surface area contributed by atoms with E-state index in [4.69, 9.17) is 11.6 Å². The van der Waals surface area contributed by atoms with E-state index in [1.807, 2.05) is 0 Å². The Morgan fingerprint density at radius 2 is 1.79 bits per heavy atom. The van der Waals surface area contributed by atoms with Crippen LogP contribution in [0.4, 0.5) is 17.6 Å². The van der Waals surface area contributed by atoms with Crippen LogP contribution in [0.2, 0.25) is 5.02 Å². The number of aliphatic hydroxyl groups is 1. The zero-order valence-electron chi connectivity index (χ0n) is 13.7. The largest absolute Gasteiger partial charge is 0.598 e. The van der Waals surface area contributed by atoms with Gasteiger partial charge in [0.1, 0.15) is 10.6 Å². The molecule has 0 aliphatic rings. The van der Waals surface area contributed by atoms with E-state index in [0.717, 1.165) is 0 Å². The van der Waals surface area contributed by atoms with Crippen LogP contribution in [0.1, 0.15) is 39.7 Å². The van der Waals surface area contributed by atoms with E-state index in [1.165, 1.54) is 25.1 Å². The highest BCUT2D eigenvalue weighted by atomic mass is 35.5. The van der Waals surface area contributed by atoms with E-state index in [2.05, 4.69) is 4.72 Å². The molecular weight excluding hydrogens is 370 g/mol. The van der Waals surface area contributed by atoms with Gasteiger partial charge in [0.15, 0.2) is 6.10 Å². The molecule has 2 N–H and O–H groups in total. The third-order valence-corrected chi connectivity index (χ3v) is 5.44. The van der Waals surface area contributed by atoms with Crippen molar-refractivity contribution in [3.8, 4) is 0 Å². The molecule has 0 unspecified atom stereocenters. The second-order valence-corrected chi connectivity index (χ2v) is 9.05. The minimum atomic E-state index is -4.89. The average Bonchev–Trinajstić information content (AvgIpc) is 2.39. The van der Waals surface area contributed by atoms with Crippen LogP contribution >= 0.6 is 11.6 Å². The number of benzene rings is 1. The van der Waals surface area contributed by atoms with Gasteiger partial charge in [-0.1, -0.05) is 23.7 Å². The highest BCUT2D eigenvalue weighted by Crippen LogP contribution is 2.36. The summed E-state index contributed by atoms with van der Waals surface area (Å²) >= 11 is 3.91. The maximum absolute atomic E-state index is 14.4. The van der Waals surface area contributed by atoms with Gasteiger partial charge in [-0.15, -0.1) is 4.72 Å². The Morgan fingerprint density at radius 1 is 1.25 bits per heavy atom. The third-order valence-electron chi connectivity index (χ3n) is 3.40. The van der Waals surface area contributed by atoms with Gasteiger partial charge in [0.05, 0.1) is 10.6 Å². The van der Waals surface area contributed by atoms with E-state index >= 15 is 0 Å². The van der Waals surface area contributed by atoms with Crippen LogP contribution in [-0.4, -0.2) is 26.7 Å². The van der Waals surface area contributed by atoms with Crippen LogP contribution in [0.25, 0.3) is 0 Å². The summed E-state index contributed by atoms with van der Waals surface area (Å²) < 4.78 is 66.8. The van der Waals surface area contributed by atoms with Gasteiger partial charge in [-0.25, -0.2) is 4.39 Å². The number of hydrogen-bond acceptors (Lipinski definition) is 3. The van der Waals surface area contributed by atoms with Crippen molar-refractivity contribution < 1.29 is 27.2 Å². The van der Waals surface area contributed by atoms with Gasteiger partial charge in [0, 0.05) is 23.3 Å². The molecular formula is C15H20ClF4NO2S. The van der Waals surface area contributed by atoms with Gasteiger partial charge in [0.2, 0.25) is 0 Å². The highest BCUT2D eigenvalue weighted by molar-refractivity contribution is 7.90. The Morgan fingerprint density at radius 3 is 2.25 bits per heavy atom. The van der Waals surface area contributed by atoms with Crippen LogP contribution in [0, 0.1) is 5.82 Å². The zero-order chi connectivity index (χ0) is 18.9. The second kappa shape index (κ2) is 7.37. The van der Waals surface area contributed by atoms with Gasteiger partial charge >= 0.3 is 6.18 Å². The van der Waals surface area contributed by atoms with Gasteiger partial charge < -0.3 is 9.66 Å². The van der Waals surface area contributed by atoms with E-state index < -0.39 is 46.2 Å². The number of aliphatic hydroxyl groups excluding tert-OH is 1. The molecule has 0 fully saturated rings.